The van der Waals surface area contributed by atoms with Gasteiger partial charge in [0, 0.05) is 5.70 Å². The van der Waals surface area contributed by atoms with Gasteiger partial charge in [0.25, 0.3) is 0 Å². The molecule has 0 bridgehead atoms. The Morgan fingerprint density at radius 2 is 1.58 bits per heavy atom. The molecular weight excluding hydrogens is 290 g/mol. The summed E-state index contributed by atoms with van der Waals surface area (Å²) < 4.78 is 0. The van der Waals surface area contributed by atoms with Crippen LogP contribution in [0.4, 0.5) is 0 Å². The summed E-state index contributed by atoms with van der Waals surface area (Å²) in [6, 6.07) is 25.5. The third-order valence-electron chi connectivity index (χ3n) is 4.28. The highest BCUT2D eigenvalue weighted by atomic mass is 14.6. The Kier molecular flexibility index (Phi) is 5.12. The molecule has 0 unspecified atom stereocenters. The van der Waals surface area contributed by atoms with Crippen molar-refractivity contribution in [1.29, 1.82) is 0 Å². The summed E-state index contributed by atoms with van der Waals surface area (Å²) in [6.07, 6.45) is 6.12. The van der Waals surface area contributed by atoms with Gasteiger partial charge >= 0.3 is 0 Å². The molecule has 0 aliphatic carbocycles. The van der Waals surface area contributed by atoms with Crippen molar-refractivity contribution >= 4 is 16.3 Å². The van der Waals surface area contributed by atoms with Crippen molar-refractivity contribution in [1.82, 2.24) is 0 Å². The maximum absolute atomic E-state index is 6.09. The summed E-state index contributed by atoms with van der Waals surface area (Å²) in [4.78, 5) is 0. The molecule has 2 N–H and O–H groups in total. The first kappa shape index (κ1) is 16.1. The van der Waals surface area contributed by atoms with E-state index in [1.54, 1.807) is 0 Å². The van der Waals surface area contributed by atoms with Crippen LogP contribution in [0, 0.1) is 0 Å². The second kappa shape index (κ2) is 7.65. The fraction of sp³-hybridized carbons (Fsp3) is 0.130. The van der Waals surface area contributed by atoms with E-state index < -0.39 is 0 Å². The fourth-order valence-electron chi connectivity index (χ4n) is 2.88. The minimum atomic E-state index is 0.860. The number of rotatable bonds is 5. The van der Waals surface area contributed by atoms with E-state index in [9.17, 15) is 0 Å². The topological polar surface area (TPSA) is 26.0 Å². The summed E-state index contributed by atoms with van der Waals surface area (Å²) in [6.45, 7) is 2.08. The van der Waals surface area contributed by atoms with Crippen LogP contribution in [-0.2, 0) is 6.42 Å². The van der Waals surface area contributed by atoms with Crippen molar-refractivity contribution in [2.75, 3.05) is 0 Å². The van der Waals surface area contributed by atoms with Crippen LogP contribution in [0.1, 0.15) is 24.5 Å². The normalized spacial score (nSPS) is 12.5. The first-order valence-corrected chi connectivity index (χ1v) is 8.46. The molecule has 0 heterocycles. The maximum Gasteiger partial charge on any atom is 0.00838 e. The highest BCUT2D eigenvalue weighted by molar-refractivity contribution is 5.86. The number of benzene rings is 3. The molecule has 1 heteroatoms. The molecule has 0 radical (unpaired) electrons. The molecule has 0 aliphatic rings. The Balaban J connectivity index is 1.99. The zero-order valence-corrected chi connectivity index (χ0v) is 14.1. The number of nitrogens with two attached hydrogens (primary N) is 1. The van der Waals surface area contributed by atoms with Gasteiger partial charge in [-0.05, 0) is 46.4 Å². The molecule has 0 amide bonds. The van der Waals surface area contributed by atoms with E-state index in [2.05, 4.69) is 85.8 Å². The molecular formula is C23H23N. The van der Waals surface area contributed by atoms with Crippen LogP contribution in [0.25, 0.3) is 16.3 Å². The molecule has 0 fully saturated rings. The summed E-state index contributed by atoms with van der Waals surface area (Å²) in [5, 5.41) is 2.60. The van der Waals surface area contributed by atoms with Gasteiger partial charge < -0.3 is 5.73 Å². The SMILES string of the molecule is CC/C(N)=C\C(=C/Cc1cccc2ccccc12)c1ccccc1. The second-order valence-corrected chi connectivity index (χ2v) is 5.94. The lowest BCUT2D eigenvalue weighted by Crippen LogP contribution is -1.96. The highest BCUT2D eigenvalue weighted by Crippen LogP contribution is 2.22. The van der Waals surface area contributed by atoms with Gasteiger partial charge in [-0.3, -0.25) is 0 Å². The minimum Gasteiger partial charge on any atom is -0.402 e. The van der Waals surface area contributed by atoms with E-state index in [1.807, 2.05) is 6.07 Å². The lowest BCUT2D eigenvalue weighted by atomic mass is 9.98. The third-order valence-corrected chi connectivity index (χ3v) is 4.28. The average molecular weight is 313 g/mol. The van der Waals surface area contributed by atoms with Gasteiger partial charge in [0.1, 0.15) is 0 Å². The summed E-state index contributed by atoms with van der Waals surface area (Å²) >= 11 is 0. The summed E-state index contributed by atoms with van der Waals surface area (Å²) in [5.41, 5.74) is 10.7. The Morgan fingerprint density at radius 3 is 2.38 bits per heavy atom. The number of hydrogen-bond donors (Lipinski definition) is 1. The van der Waals surface area contributed by atoms with Gasteiger partial charge in [0.2, 0.25) is 0 Å². The summed E-state index contributed by atoms with van der Waals surface area (Å²) in [7, 11) is 0. The molecule has 120 valence electrons. The molecule has 0 aromatic heterocycles. The molecule has 1 nitrogen and oxygen atoms in total. The first-order chi connectivity index (χ1) is 11.8. The van der Waals surface area contributed by atoms with E-state index in [0.717, 1.165) is 18.5 Å². The van der Waals surface area contributed by atoms with Gasteiger partial charge in [-0.1, -0.05) is 85.8 Å². The third kappa shape index (κ3) is 3.75. The molecule has 0 spiro atoms. The minimum absolute atomic E-state index is 0.860. The fourth-order valence-corrected chi connectivity index (χ4v) is 2.88. The molecule has 0 atom stereocenters. The maximum atomic E-state index is 6.09. The van der Waals surface area contributed by atoms with E-state index in [1.165, 1.54) is 27.5 Å². The molecule has 0 saturated heterocycles. The monoisotopic (exact) mass is 313 g/mol. The van der Waals surface area contributed by atoms with Gasteiger partial charge in [-0.25, -0.2) is 0 Å². The largest absolute Gasteiger partial charge is 0.402 e. The van der Waals surface area contributed by atoms with Gasteiger partial charge in [0.15, 0.2) is 0 Å². The Morgan fingerprint density at radius 1 is 0.875 bits per heavy atom. The van der Waals surface area contributed by atoms with Crippen molar-refractivity contribution in [3.63, 3.8) is 0 Å². The van der Waals surface area contributed by atoms with E-state index in [4.69, 9.17) is 5.73 Å². The lowest BCUT2D eigenvalue weighted by Gasteiger charge is -2.07. The summed E-state index contributed by atoms with van der Waals surface area (Å²) in [5.74, 6) is 0. The second-order valence-electron chi connectivity index (χ2n) is 5.94. The standard InChI is InChI=1S/C23H23N/c1-2-22(24)17-21(18-9-4-3-5-10-18)16-15-20-13-8-12-19-11-6-7-14-23(19)20/h3-14,16-17H,2,15,24H2,1H3/b21-16+,22-17+. The molecule has 0 saturated carbocycles. The van der Waals surface area contributed by atoms with E-state index >= 15 is 0 Å². The van der Waals surface area contributed by atoms with Crippen LogP contribution in [-0.4, -0.2) is 0 Å². The van der Waals surface area contributed by atoms with Gasteiger partial charge in [-0.15, -0.1) is 0 Å². The Bertz CT molecular complexity index is 867. The number of fused-ring (bicyclic) bond motifs is 1. The highest BCUT2D eigenvalue weighted by Gasteiger charge is 2.02. The zero-order chi connectivity index (χ0) is 16.8. The predicted molar refractivity (Wildman–Crippen MR) is 105 cm³/mol. The molecule has 24 heavy (non-hydrogen) atoms. The molecule has 3 rings (SSSR count). The molecule has 3 aromatic rings. The zero-order valence-electron chi connectivity index (χ0n) is 14.1. The number of allylic oxidation sites excluding steroid dienone is 4. The Labute approximate surface area is 144 Å². The van der Waals surface area contributed by atoms with E-state index in [-0.39, 0.29) is 0 Å². The Hall–Kier alpha value is -2.80. The predicted octanol–water partition coefficient (Wildman–Crippen LogP) is 5.72. The average Bonchev–Trinajstić information content (AvgIpc) is 2.65. The van der Waals surface area contributed by atoms with Crippen molar-refractivity contribution in [2.45, 2.75) is 19.8 Å². The van der Waals surface area contributed by atoms with Crippen LogP contribution in [0.3, 0.4) is 0 Å². The van der Waals surface area contributed by atoms with Crippen LogP contribution in [0.15, 0.2) is 90.6 Å². The lowest BCUT2D eigenvalue weighted by molar-refractivity contribution is 1.07. The van der Waals surface area contributed by atoms with Crippen molar-refractivity contribution in [2.24, 2.45) is 5.73 Å². The smallest absolute Gasteiger partial charge is 0.00838 e. The molecule has 0 aliphatic heterocycles. The van der Waals surface area contributed by atoms with Gasteiger partial charge in [-0.2, -0.15) is 0 Å². The van der Waals surface area contributed by atoms with Gasteiger partial charge in [0.05, 0.1) is 0 Å². The van der Waals surface area contributed by atoms with Crippen molar-refractivity contribution in [3.8, 4) is 0 Å². The quantitative estimate of drug-likeness (QED) is 0.599. The molecule has 3 aromatic carbocycles. The van der Waals surface area contributed by atoms with Crippen LogP contribution < -0.4 is 5.73 Å². The van der Waals surface area contributed by atoms with Crippen LogP contribution >= 0.6 is 0 Å². The van der Waals surface area contributed by atoms with E-state index in [0.29, 0.717) is 0 Å². The van der Waals surface area contributed by atoms with Crippen molar-refractivity contribution in [3.05, 3.63) is 102 Å². The van der Waals surface area contributed by atoms with Crippen molar-refractivity contribution < 1.29 is 0 Å². The first-order valence-electron chi connectivity index (χ1n) is 8.46. The van der Waals surface area contributed by atoms with Crippen LogP contribution in [0.5, 0.6) is 0 Å². The number of hydrogen-bond acceptors (Lipinski definition) is 1. The van der Waals surface area contributed by atoms with Crippen LogP contribution in [0.2, 0.25) is 0 Å².